The van der Waals surface area contributed by atoms with Gasteiger partial charge in [0.05, 0.1) is 43.9 Å². The summed E-state index contributed by atoms with van der Waals surface area (Å²) in [4.78, 5) is 51.3. The zero-order valence-electron chi connectivity index (χ0n) is 21.2. The third-order valence-electron chi connectivity index (χ3n) is 6.97. The van der Waals surface area contributed by atoms with Gasteiger partial charge in [-0.15, -0.1) is 0 Å². The van der Waals surface area contributed by atoms with Gasteiger partial charge in [-0.3, -0.25) is 34.2 Å². The zero-order valence-corrected chi connectivity index (χ0v) is 21.2. The number of amides is 1. The summed E-state index contributed by atoms with van der Waals surface area (Å²) in [6, 6.07) is 16.3. The average Bonchev–Trinajstić information content (AvgIpc) is 3.15. The van der Waals surface area contributed by atoms with E-state index in [1.165, 1.54) is 9.13 Å². The SMILES string of the molecule is Cn1c(=O)n(C)c2cc(N3CCN(c4ccccc4)CC3)c(NC(=O)c3cc([N+](=O)[O-])cc([N+](=O)[O-])c3)cc21. The van der Waals surface area contributed by atoms with Crippen molar-refractivity contribution in [2.75, 3.05) is 41.3 Å². The topological polar surface area (TPSA) is 149 Å². The number of benzene rings is 3. The molecule has 13 heteroatoms. The second-order valence-corrected chi connectivity index (χ2v) is 9.27. The third kappa shape index (κ3) is 4.77. The van der Waals surface area contributed by atoms with E-state index in [1.807, 2.05) is 36.4 Å². The maximum Gasteiger partial charge on any atom is 0.328 e. The minimum Gasteiger partial charge on any atom is -0.368 e. The van der Waals surface area contributed by atoms with Gasteiger partial charge in [-0.2, -0.15) is 0 Å². The molecule has 0 radical (unpaired) electrons. The molecule has 5 rings (SSSR count). The summed E-state index contributed by atoms with van der Waals surface area (Å²) in [6.45, 7) is 2.71. The number of nitro benzene ring substituents is 2. The summed E-state index contributed by atoms with van der Waals surface area (Å²) in [5.74, 6) is -0.744. The van der Waals surface area contributed by atoms with Gasteiger partial charge >= 0.3 is 5.69 Å². The highest BCUT2D eigenvalue weighted by Gasteiger charge is 2.25. The first kappa shape index (κ1) is 25.4. The second kappa shape index (κ2) is 9.93. The molecule has 200 valence electrons. The smallest absolute Gasteiger partial charge is 0.328 e. The number of aromatic nitrogens is 2. The van der Waals surface area contributed by atoms with Crippen molar-refractivity contribution in [2.45, 2.75) is 0 Å². The molecule has 39 heavy (non-hydrogen) atoms. The molecule has 1 aliphatic heterocycles. The maximum absolute atomic E-state index is 13.3. The first-order chi connectivity index (χ1) is 18.6. The van der Waals surface area contributed by atoms with Crippen LogP contribution in [-0.2, 0) is 14.1 Å². The van der Waals surface area contributed by atoms with Gasteiger partial charge in [0.1, 0.15) is 0 Å². The van der Waals surface area contributed by atoms with E-state index in [0.29, 0.717) is 35.5 Å². The number of para-hydroxylation sites is 1. The molecule has 0 atom stereocenters. The molecule has 1 saturated heterocycles. The molecule has 4 aromatic rings. The molecule has 1 fully saturated rings. The molecule has 0 aliphatic carbocycles. The largest absolute Gasteiger partial charge is 0.368 e. The highest BCUT2D eigenvalue weighted by molar-refractivity contribution is 6.08. The number of imidazole rings is 1. The van der Waals surface area contributed by atoms with Crippen molar-refractivity contribution in [1.29, 1.82) is 0 Å². The molecule has 1 aliphatic rings. The van der Waals surface area contributed by atoms with Crippen LogP contribution in [-0.4, -0.2) is 51.1 Å². The van der Waals surface area contributed by atoms with Crippen molar-refractivity contribution in [3.05, 3.63) is 96.9 Å². The van der Waals surface area contributed by atoms with E-state index >= 15 is 0 Å². The molecule has 0 saturated carbocycles. The third-order valence-corrected chi connectivity index (χ3v) is 6.97. The molecule has 1 amide bonds. The highest BCUT2D eigenvalue weighted by atomic mass is 16.6. The lowest BCUT2D eigenvalue weighted by molar-refractivity contribution is -0.394. The number of hydrogen-bond acceptors (Lipinski definition) is 8. The average molecular weight is 532 g/mol. The number of aryl methyl sites for hydroxylation is 2. The number of nitro groups is 2. The number of nitrogens with zero attached hydrogens (tertiary/aromatic N) is 6. The predicted molar refractivity (Wildman–Crippen MR) is 147 cm³/mol. The highest BCUT2D eigenvalue weighted by Crippen LogP contribution is 2.33. The van der Waals surface area contributed by atoms with Gasteiger partial charge in [-0.05, 0) is 24.3 Å². The van der Waals surface area contributed by atoms with E-state index in [2.05, 4.69) is 15.1 Å². The van der Waals surface area contributed by atoms with Crippen LogP contribution in [0.25, 0.3) is 11.0 Å². The van der Waals surface area contributed by atoms with Crippen LogP contribution < -0.4 is 20.8 Å². The first-order valence-electron chi connectivity index (χ1n) is 12.1. The maximum atomic E-state index is 13.3. The Kier molecular flexibility index (Phi) is 6.48. The van der Waals surface area contributed by atoms with Gasteiger partial charge in [0.15, 0.2) is 0 Å². The fourth-order valence-corrected chi connectivity index (χ4v) is 4.87. The first-order valence-corrected chi connectivity index (χ1v) is 12.1. The fourth-order valence-electron chi connectivity index (χ4n) is 4.87. The number of non-ortho nitro benzene ring substituents is 2. The van der Waals surface area contributed by atoms with E-state index in [-0.39, 0.29) is 11.3 Å². The van der Waals surface area contributed by atoms with Crippen molar-refractivity contribution in [3.63, 3.8) is 0 Å². The minimum absolute atomic E-state index is 0.224. The fraction of sp³-hybridized carbons (Fsp3) is 0.231. The molecule has 0 bridgehead atoms. The number of rotatable bonds is 6. The van der Waals surface area contributed by atoms with Crippen molar-refractivity contribution >= 4 is 45.4 Å². The number of carbonyl (C=O) groups excluding carboxylic acids is 1. The van der Waals surface area contributed by atoms with Gasteiger partial charge in [0.2, 0.25) is 0 Å². The Bertz CT molecular complexity index is 1640. The van der Waals surface area contributed by atoms with Crippen LogP contribution in [0.4, 0.5) is 28.4 Å². The van der Waals surface area contributed by atoms with Crippen molar-refractivity contribution < 1.29 is 14.6 Å². The molecule has 2 heterocycles. The second-order valence-electron chi connectivity index (χ2n) is 9.27. The summed E-state index contributed by atoms with van der Waals surface area (Å²) < 4.78 is 2.98. The van der Waals surface area contributed by atoms with E-state index in [1.54, 1.807) is 20.2 Å². The van der Waals surface area contributed by atoms with Crippen LogP contribution >= 0.6 is 0 Å². The summed E-state index contributed by atoms with van der Waals surface area (Å²) in [5, 5.41) is 25.4. The van der Waals surface area contributed by atoms with E-state index < -0.39 is 27.1 Å². The number of fused-ring (bicyclic) bond motifs is 1. The quantitative estimate of drug-likeness (QED) is 0.294. The Labute approximate surface area is 221 Å². The Hall–Kier alpha value is -5.20. The lowest BCUT2D eigenvalue weighted by atomic mass is 10.1. The Morgan fingerprint density at radius 3 is 1.90 bits per heavy atom. The van der Waals surface area contributed by atoms with Crippen molar-refractivity contribution in [2.24, 2.45) is 14.1 Å². The Balaban J connectivity index is 1.52. The molecular weight excluding hydrogens is 506 g/mol. The van der Waals surface area contributed by atoms with Crippen LogP contribution in [0.5, 0.6) is 0 Å². The van der Waals surface area contributed by atoms with E-state index in [0.717, 1.165) is 37.0 Å². The number of nitrogens with one attached hydrogen (secondary N) is 1. The summed E-state index contributed by atoms with van der Waals surface area (Å²) >= 11 is 0. The molecule has 3 aromatic carbocycles. The van der Waals surface area contributed by atoms with Crippen LogP contribution in [0.15, 0.2) is 65.5 Å². The number of carbonyl (C=O) groups is 1. The van der Waals surface area contributed by atoms with Gasteiger partial charge in [-0.25, -0.2) is 4.79 Å². The molecule has 0 unspecified atom stereocenters. The van der Waals surface area contributed by atoms with Gasteiger partial charge in [-0.1, -0.05) is 18.2 Å². The Morgan fingerprint density at radius 2 is 1.33 bits per heavy atom. The predicted octanol–water partition coefficient (Wildman–Crippen LogP) is 3.27. The van der Waals surface area contributed by atoms with Crippen molar-refractivity contribution in [3.8, 4) is 0 Å². The van der Waals surface area contributed by atoms with Crippen LogP contribution in [0, 0.1) is 20.2 Å². The number of anilines is 3. The van der Waals surface area contributed by atoms with Crippen LogP contribution in [0.3, 0.4) is 0 Å². The molecule has 1 N–H and O–H groups in total. The van der Waals surface area contributed by atoms with Crippen LogP contribution in [0.1, 0.15) is 10.4 Å². The zero-order chi connectivity index (χ0) is 27.8. The van der Waals surface area contributed by atoms with Crippen molar-refractivity contribution in [1.82, 2.24) is 9.13 Å². The molecular formula is C26H25N7O6. The van der Waals surface area contributed by atoms with Gasteiger partial charge in [0.25, 0.3) is 17.3 Å². The molecule has 1 aromatic heterocycles. The normalized spacial score (nSPS) is 13.5. The Morgan fingerprint density at radius 1 is 0.795 bits per heavy atom. The summed E-state index contributed by atoms with van der Waals surface area (Å²) in [7, 11) is 3.29. The summed E-state index contributed by atoms with van der Waals surface area (Å²) in [6.07, 6.45) is 0. The molecule has 0 spiro atoms. The van der Waals surface area contributed by atoms with Crippen LogP contribution in [0.2, 0.25) is 0 Å². The summed E-state index contributed by atoms with van der Waals surface area (Å²) in [5.41, 5.74) is 1.83. The van der Waals surface area contributed by atoms with Gasteiger partial charge < -0.3 is 15.1 Å². The van der Waals surface area contributed by atoms with E-state index in [4.69, 9.17) is 0 Å². The number of hydrogen-bond donors (Lipinski definition) is 1. The molecule has 13 nitrogen and oxygen atoms in total. The minimum atomic E-state index is -0.784. The van der Waals surface area contributed by atoms with Gasteiger partial charge in [0, 0.05) is 58.1 Å². The monoisotopic (exact) mass is 531 g/mol. The lowest BCUT2D eigenvalue weighted by Crippen LogP contribution is -2.46. The standard InChI is InChI=1S/C26H25N7O6/c1-28-23-15-21(27-25(34)17-12-19(32(36)37)14-20(13-17)33(38)39)22(16-24(23)29(2)26(28)35)31-10-8-30(9-11-31)18-6-4-3-5-7-18/h3-7,12-16H,8-11H2,1-2H3,(H,27,34). The van der Waals surface area contributed by atoms with E-state index in [9.17, 15) is 29.8 Å². The lowest BCUT2D eigenvalue weighted by Gasteiger charge is -2.38. The number of piperazine rings is 1.